The van der Waals surface area contributed by atoms with Crippen molar-refractivity contribution < 1.29 is 41.8 Å². The van der Waals surface area contributed by atoms with Crippen LogP contribution in [-0.4, -0.2) is 37.0 Å². The molecule has 0 bridgehead atoms. The van der Waals surface area contributed by atoms with E-state index in [0.29, 0.717) is 17.9 Å². The van der Waals surface area contributed by atoms with Crippen molar-refractivity contribution in [1.29, 1.82) is 0 Å². The minimum atomic E-state index is -4.65. The number of hydrogen-bond donors (Lipinski definition) is 2. The lowest BCUT2D eigenvalue weighted by Crippen LogP contribution is -2.22. The van der Waals surface area contributed by atoms with E-state index in [4.69, 9.17) is 9.47 Å². The minimum Gasteiger partial charge on any atom is -0.462 e. The van der Waals surface area contributed by atoms with Crippen molar-refractivity contribution in [2.75, 3.05) is 23.8 Å². The first-order valence-corrected chi connectivity index (χ1v) is 11.3. The first-order chi connectivity index (χ1) is 17.1. The highest BCUT2D eigenvalue weighted by atomic mass is 19.4. The molecule has 0 heterocycles. The molecule has 0 aliphatic carbocycles. The fraction of sp³-hybridized carbons (Fsp3) is 0.360. The van der Waals surface area contributed by atoms with Crippen molar-refractivity contribution in [3.63, 3.8) is 0 Å². The van der Waals surface area contributed by atoms with Crippen LogP contribution < -0.4 is 10.6 Å². The molecule has 0 radical (unpaired) electrons. The Morgan fingerprint density at radius 2 is 1.53 bits per heavy atom. The Morgan fingerprint density at radius 1 is 0.833 bits per heavy atom. The molecule has 36 heavy (non-hydrogen) atoms. The van der Waals surface area contributed by atoms with Crippen LogP contribution in [0.2, 0.25) is 0 Å². The van der Waals surface area contributed by atoms with Gasteiger partial charge in [0.15, 0.2) is 6.61 Å². The molecule has 0 unspecified atom stereocenters. The monoisotopic (exact) mass is 508 g/mol. The van der Waals surface area contributed by atoms with Gasteiger partial charge in [-0.1, -0.05) is 25.5 Å². The first kappa shape index (κ1) is 28.3. The van der Waals surface area contributed by atoms with Crippen LogP contribution in [0, 0.1) is 0 Å². The first-order valence-electron chi connectivity index (χ1n) is 11.3. The van der Waals surface area contributed by atoms with Gasteiger partial charge in [-0.2, -0.15) is 13.2 Å². The van der Waals surface area contributed by atoms with E-state index < -0.39 is 41.9 Å². The van der Waals surface area contributed by atoms with Gasteiger partial charge in [0.1, 0.15) is 0 Å². The highest BCUT2D eigenvalue weighted by molar-refractivity contribution is 5.94. The highest BCUT2D eigenvalue weighted by Crippen LogP contribution is 2.34. The molecule has 2 rings (SSSR count). The van der Waals surface area contributed by atoms with Gasteiger partial charge in [-0.15, -0.1) is 0 Å². The van der Waals surface area contributed by atoms with Crippen molar-refractivity contribution in [3.8, 4) is 0 Å². The van der Waals surface area contributed by atoms with Crippen LogP contribution >= 0.6 is 0 Å². The smallest absolute Gasteiger partial charge is 0.418 e. The number of anilines is 2. The van der Waals surface area contributed by atoms with Crippen LogP contribution in [0.5, 0.6) is 0 Å². The van der Waals surface area contributed by atoms with Gasteiger partial charge in [-0.3, -0.25) is 14.4 Å². The average Bonchev–Trinajstić information content (AvgIpc) is 2.83. The Kier molecular flexibility index (Phi) is 10.9. The molecule has 0 saturated carbocycles. The number of alkyl halides is 3. The molecule has 2 aromatic rings. The Balaban J connectivity index is 1.68. The van der Waals surface area contributed by atoms with Crippen molar-refractivity contribution >= 4 is 35.1 Å². The second-order valence-electron chi connectivity index (χ2n) is 7.72. The Morgan fingerprint density at radius 3 is 2.19 bits per heavy atom. The van der Waals surface area contributed by atoms with Gasteiger partial charge in [-0.25, -0.2) is 4.79 Å². The summed E-state index contributed by atoms with van der Waals surface area (Å²) in [6.45, 7) is 1.57. The largest absolute Gasteiger partial charge is 0.462 e. The normalized spacial score (nSPS) is 10.9. The zero-order chi connectivity index (χ0) is 26.6. The van der Waals surface area contributed by atoms with Gasteiger partial charge < -0.3 is 20.1 Å². The summed E-state index contributed by atoms with van der Waals surface area (Å²) in [5.74, 6) is -2.51. The quantitative estimate of drug-likeness (QED) is 0.310. The molecule has 0 aromatic heterocycles. The second-order valence-corrected chi connectivity index (χ2v) is 7.72. The summed E-state index contributed by atoms with van der Waals surface area (Å²) in [5, 5.41) is 4.70. The number of rotatable bonds is 12. The van der Waals surface area contributed by atoms with Crippen molar-refractivity contribution in [3.05, 3.63) is 59.7 Å². The summed E-state index contributed by atoms with van der Waals surface area (Å²) in [6.07, 6.45) is -3.01. The molecule has 0 spiro atoms. The van der Waals surface area contributed by atoms with E-state index in [0.717, 1.165) is 25.0 Å². The minimum absolute atomic E-state index is 0.0128. The molecule has 0 aliphatic rings. The Labute approximate surface area is 206 Å². The molecule has 2 aromatic carbocycles. The van der Waals surface area contributed by atoms with E-state index in [1.54, 1.807) is 12.1 Å². The van der Waals surface area contributed by atoms with E-state index >= 15 is 0 Å². The summed E-state index contributed by atoms with van der Waals surface area (Å²) >= 11 is 0. The highest BCUT2D eigenvalue weighted by Gasteiger charge is 2.33. The molecule has 2 amide bonds. The molecule has 194 valence electrons. The van der Waals surface area contributed by atoms with E-state index in [1.165, 1.54) is 24.3 Å². The molecule has 0 aliphatic heterocycles. The van der Waals surface area contributed by atoms with Gasteiger partial charge in [0.25, 0.3) is 5.91 Å². The zero-order valence-corrected chi connectivity index (χ0v) is 19.7. The lowest BCUT2D eigenvalue weighted by atomic mass is 10.1. The third kappa shape index (κ3) is 9.77. The molecule has 8 nitrogen and oxygen atoms in total. The molecule has 2 N–H and O–H groups in total. The predicted molar refractivity (Wildman–Crippen MR) is 125 cm³/mol. The molecular formula is C25H27F3N2O6. The SMILES string of the molecule is CCCCOC(=O)c1ccc(NC(=O)CCCC(=O)OCC(=O)Nc2ccccc2C(F)(F)F)cc1. The lowest BCUT2D eigenvalue weighted by Gasteiger charge is -2.13. The third-order valence-corrected chi connectivity index (χ3v) is 4.79. The number of carbonyl (C=O) groups is 4. The molecule has 0 fully saturated rings. The number of benzene rings is 2. The number of hydrogen-bond acceptors (Lipinski definition) is 6. The maximum Gasteiger partial charge on any atom is 0.418 e. The lowest BCUT2D eigenvalue weighted by molar-refractivity contribution is -0.147. The summed E-state index contributed by atoms with van der Waals surface area (Å²) < 4.78 is 48.8. The van der Waals surface area contributed by atoms with Crippen LogP contribution in [0.25, 0.3) is 0 Å². The zero-order valence-electron chi connectivity index (χ0n) is 19.7. The number of halogens is 3. The summed E-state index contributed by atoms with van der Waals surface area (Å²) in [4.78, 5) is 47.6. The summed E-state index contributed by atoms with van der Waals surface area (Å²) in [6, 6.07) is 10.6. The number of unbranched alkanes of at least 4 members (excludes halogenated alkanes) is 1. The number of esters is 2. The summed E-state index contributed by atoms with van der Waals surface area (Å²) in [5.41, 5.74) is -0.636. The second kappa shape index (κ2) is 13.9. The average molecular weight is 508 g/mol. The van der Waals surface area contributed by atoms with Crippen LogP contribution in [0.4, 0.5) is 24.5 Å². The number of amides is 2. The third-order valence-electron chi connectivity index (χ3n) is 4.79. The van der Waals surface area contributed by atoms with Crippen molar-refractivity contribution in [2.45, 2.75) is 45.2 Å². The summed E-state index contributed by atoms with van der Waals surface area (Å²) in [7, 11) is 0. The fourth-order valence-corrected chi connectivity index (χ4v) is 2.94. The maximum atomic E-state index is 13.0. The van der Waals surface area contributed by atoms with E-state index in [2.05, 4.69) is 10.6 Å². The Bertz CT molecular complexity index is 1050. The number of ether oxygens (including phenoxy) is 2. The molecule has 11 heteroatoms. The Hall–Kier alpha value is -3.89. The van der Waals surface area contributed by atoms with Gasteiger partial charge in [0.2, 0.25) is 5.91 Å². The van der Waals surface area contributed by atoms with Crippen molar-refractivity contribution in [2.24, 2.45) is 0 Å². The predicted octanol–water partition coefficient (Wildman–Crippen LogP) is 4.95. The van der Waals surface area contributed by atoms with Crippen LogP contribution in [0.15, 0.2) is 48.5 Å². The van der Waals surface area contributed by atoms with Crippen LogP contribution in [0.3, 0.4) is 0 Å². The topological polar surface area (TPSA) is 111 Å². The number of carbonyl (C=O) groups excluding carboxylic acids is 4. The van der Waals surface area contributed by atoms with E-state index in [1.807, 2.05) is 6.92 Å². The van der Waals surface area contributed by atoms with Crippen LogP contribution in [0.1, 0.15) is 54.9 Å². The number of nitrogens with one attached hydrogen (secondary N) is 2. The fourth-order valence-electron chi connectivity index (χ4n) is 2.94. The van der Waals surface area contributed by atoms with E-state index in [-0.39, 0.29) is 25.2 Å². The molecular weight excluding hydrogens is 481 g/mol. The molecule has 0 saturated heterocycles. The molecule has 0 atom stereocenters. The van der Waals surface area contributed by atoms with Gasteiger partial charge in [0.05, 0.1) is 23.4 Å². The number of para-hydroxylation sites is 1. The standard InChI is InChI=1S/C25H27F3N2O6/c1-2-3-15-35-24(34)17-11-13-18(14-12-17)29-21(31)9-6-10-23(33)36-16-22(32)30-20-8-5-4-7-19(20)25(26,27)28/h4-5,7-8,11-14H,2-3,6,9-10,15-16H2,1H3,(H,29,31)(H,30,32). The van der Waals surface area contributed by atoms with Gasteiger partial charge >= 0.3 is 18.1 Å². The van der Waals surface area contributed by atoms with E-state index in [9.17, 15) is 32.3 Å². The van der Waals surface area contributed by atoms with Crippen LogP contribution in [-0.2, 0) is 30.0 Å². The maximum absolute atomic E-state index is 13.0. The van der Waals surface area contributed by atoms with Crippen molar-refractivity contribution in [1.82, 2.24) is 0 Å². The van der Waals surface area contributed by atoms with Gasteiger partial charge in [0, 0.05) is 18.5 Å². The van der Waals surface area contributed by atoms with Gasteiger partial charge in [-0.05, 0) is 49.2 Å².